The summed E-state index contributed by atoms with van der Waals surface area (Å²) in [7, 11) is 1.63. The molecule has 0 saturated carbocycles. The van der Waals surface area contributed by atoms with Crippen LogP contribution in [0.15, 0.2) is 18.3 Å². The molecule has 0 saturated heterocycles. The SMILES string of the molecule is CCC(=O)C[n+]1cccc(OC)c1C.[Br-]. The van der Waals surface area contributed by atoms with Crippen molar-refractivity contribution in [3.05, 3.63) is 24.0 Å². The van der Waals surface area contributed by atoms with Gasteiger partial charge in [0.1, 0.15) is 0 Å². The van der Waals surface area contributed by atoms with Crippen LogP contribution in [0.25, 0.3) is 0 Å². The third-order valence-corrected chi connectivity index (χ3v) is 2.26. The first-order valence-corrected chi connectivity index (χ1v) is 4.73. The van der Waals surface area contributed by atoms with Gasteiger partial charge in [0.2, 0.25) is 12.2 Å². The minimum atomic E-state index is 0. The molecule has 0 fully saturated rings. The van der Waals surface area contributed by atoms with E-state index >= 15 is 0 Å². The molecule has 15 heavy (non-hydrogen) atoms. The van der Waals surface area contributed by atoms with Crippen molar-refractivity contribution in [2.45, 2.75) is 26.8 Å². The molecule has 1 heterocycles. The lowest BCUT2D eigenvalue weighted by Crippen LogP contribution is -3.00. The fraction of sp³-hybridized carbons (Fsp3) is 0.455. The Hall–Kier alpha value is -0.900. The van der Waals surface area contributed by atoms with Crippen LogP contribution >= 0.6 is 0 Å². The standard InChI is InChI=1S/C11H16NO2.BrH/c1-4-10(13)8-12-7-5-6-11(14-3)9(12)2;/h5-7H,4,8H2,1-3H3;1H/q+1;/p-1. The molecule has 0 aliphatic heterocycles. The van der Waals surface area contributed by atoms with Crippen molar-refractivity contribution in [3.8, 4) is 5.75 Å². The molecule has 0 atom stereocenters. The number of hydrogen-bond donors (Lipinski definition) is 0. The Bertz CT molecular complexity index is 339. The normalized spacial score (nSPS) is 9.27. The number of Topliss-reactive ketones (excluding diaryl/α,β-unsaturated/α-hetero) is 1. The molecule has 0 aromatic carbocycles. The second kappa shape index (κ2) is 6.56. The molecule has 0 N–H and O–H groups in total. The molecule has 1 rings (SSSR count). The number of halogens is 1. The predicted octanol–water partition coefficient (Wildman–Crippen LogP) is -1.73. The Morgan fingerprint density at radius 2 is 2.20 bits per heavy atom. The minimum Gasteiger partial charge on any atom is -1.00 e. The van der Waals surface area contributed by atoms with E-state index in [9.17, 15) is 4.79 Å². The van der Waals surface area contributed by atoms with Gasteiger partial charge in [0.25, 0.3) is 0 Å². The zero-order chi connectivity index (χ0) is 10.6. The lowest BCUT2D eigenvalue weighted by Gasteiger charge is -2.03. The number of carbonyl (C=O) groups excluding carboxylic acids is 1. The number of hydrogen-bond acceptors (Lipinski definition) is 2. The second-order valence-corrected chi connectivity index (χ2v) is 3.18. The lowest BCUT2D eigenvalue weighted by molar-refractivity contribution is -0.690. The molecule has 0 unspecified atom stereocenters. The molecule has 0 amide bonds. The number of methoxy groups -OCH3 is 1. The van der Waals surface area contributed by atoms with E-state index in [1.54, 1.807) is 7.11 Å². The van der Waals surface area contributed by atoms with Crippen LogP contribution < -0.4 is 26.3 Å². The summed E-state index contributed by atoms with van der Waals surface area (Å²) in [6.45, 7) is 4.25. The molecular weight excluding hydrogens is 258 g/mol. The van der Waals surface area contributed by atoms with Gasteiger partial charge in [0.05, 0.1) is 7.11 Å². The number of aromatic nitrogens is 1. The number of carbonyl (C=O) groups is 1. The molecular formula is C11H16BrNO2. The van der Waals surface area contributed by atoms with Crippen molar-refractivity contribution >= 4 is 5.78 Å². The van der Waals surface area contributed by atoms with E-state index in [2.05, 4.69) is 0 Å². The van der Waals surface area contributed by atoms with Gasteiger partial charge in [-0.25, -0.2) is 0 Å². The van der Waals surface area contributed by atoms with Gasteiger partial charge in [-0.1, -0.05) is 6.92 Å². The van der Waals surface area contributed by atoms with E-state index in [-0.39, 0.29) is 22.8 Å². The quantitative estimate of drug-likeness (QED) is 0.611. The molecule has 0 bridgehead atoms. The van der Waals surface area contributed by atoms with Gasteiger partial charge in [-0.3, -0.25) is 4.79 Å². The molecule has 84 valence electrons. The topological polar surface area (TPSA) is 30.2 Å². The van der Waals surface area contributed by atoms with E-state index in [0.717, 1.165) is 11.4 Å². The zero-order valence-corrected chi connectivity index (χ0v) is 10.9. The Morgan fingerprint density at radius 3 is 2.73 bits per heavy atom. The number of pyridine rings is 1. The summed E-state index contributed by atoms with van der Waals surface area (Å²) in [5.41, 5.74) is 0.983. The second-order valence-electron chi connectivity index (χ2n) is 3.18. The van der Waals surface area contributed by atoms with Crippen LogP contribution in [0.1, 0.15) is 19.0 Å². The highest BCUT2D eigenvalue weighted by atomic mass is 79.9. The van der Waals surface area contributed by atoms with Crippen molar-refractivity contribution in [2.24, 2.45) is 0 Å². The highest BCUT2D eigenvalue weighted by Crippen LogP contribution is 2.10. The highest BCUT2D eigenvalue weighted by molar-refractivity contribution is 5.76. The van der Waals surface area contributed by atoms with E-state index in [1.165, 1.54) is 0 Å². The van der Waals surface area contributed by atoms with Crippen molar-refractivity contribution in [1.29, 1.82) is 0 Å². The number of rotatable bonds is 4. The van der Waals surface area contributed by atoms with E-state index in [0.29, 0.717) is 13.0 Å². The van der Waals surface area contributed by atoms with Crippen molar-refractivity contribution in [2.75, 3.05) is 7.11 Å². The van der Waals surface area contributed by atoms with E-state index < -0.39 is 0 Å². The molecule has 1 aromatic heterocycles. The van der Waals surface area contributed by atoms with Crippen LogP contribution in [0.3, 0.4) is 0 Å². The molecule has 0 spiro atoms. The Balaban J connectivity index is 0.00000196. The Kier molecular flexibility index (Phi) is 6.17. The fourth-order valence-electron chi connectivity index (χ4n) is 1.30. The first kappa shape index (κ1) is 14.1. The van der Waals surface area contributed by atoms with Gasteiger partial charge >= 0.3 is 0 Å². The van der Waals surface area contributed by atoms with Crippen LogP contribution in [-0.4, -0.2) is 12.9 Å². The monoisotopic (exact) mass is 273 g/mol. The van der Waals surface area contributed by atoms with Gasteiger partial charge in [-0.05, 0) is 6.07 Å². The first-order valence-electron chi connectivity index (χ1n) is 4.73. The summed E-state index contributed by atoms with van der Waals surface area (Å²) in [5, 5.41) is 0. The van der Waals surface area contributed by atoms with Crippen LogP contribution in [0.4, 0.5) is 0 Å². The zero-order valence-electron chi connectivity index (χ0n) is 9.29. The molecule has 0 aliphatic carbocycles. The van der Waals surface area contributed by atoms with Gasteiger partial charge in [0, 0.05) is 19.4 Å². The minimum absolute atomic E-state index is 0. The molecule has 4 heteroatoms. The van der Waals surface area contributed by atoms with Gasteiger partial charge in [-0.2, -0.15) is 4.57 Å². The van der Waals surface area contributed by atoms with E-state index in [1.807, 2.05) is 36.7 Å². The van der Waals surface area contributed by atoms with Crippen LogP contribution in [0.2, 0.25) is 0 Å². The molecule has 1 aromatic rings. The highest BCUT2D eigenvalue weighted by Gasteiger charge is 2.14. The summed E-state index contributed by atoms with van der Waals surface area (Å²) in [4.78, 5) is 11.3. The van der Waals surface area contributed by atoms with Gasteiger partial charge in [0.15, 0.2) is 17.7 Å². The Labute approximate surface area is 101 Å². The van der Waals surface area contributed by atoms with Crippen molar-refractivity contribution in [3.63, 3.8) is 0 Å². The van der Waals surface area contributed by atoms with Crippen LogP contribution in [-0.2, 0) is 11.3 Å². The maximum atomic E-state index is 11.3. The summed E-state index contributed by atoms with van der Waals surface area (Å²) in [6.07, 6.45) is 2.47. The number of ketones is 1. The maximum absolute atomic E-state index is 11.3. The van der Waals surface area contributed by atoms with E-state index in [4.69, 9.17) is 4.74 Å². The summed E-state index contributed by atoms with van der Waals surface area (Å²) in [6, 6.07) is 3.77. The lowest BCUT2D eigenvalue weighted by atomic mass is 10.2. The first-order chi connectivity index (χ1) is 6.69. The molecule has 0 aliphatic rings. The average molecular weight is 274 g/mol. The summed E-state index contributed by atoms with van der Waals surface area (Å²) >= 11 is 0. The van der Waals surface area contributed by atoms with Crippen molar-refractivity contribution in [1.82, 2.24) is 0 Å². The molecule has 3 nitrogen and oxygen atoms in total. The summed E-state index contributed by atoms with van der Waals surface area (Å²) in [5.74, 6) is 1.04. The van der Waals surface area contributed by atoms with Crippen molar-refractivity contribution < 1.29 is 31.1 Å². The largest absolute Gasteiger partial charge is 1.00 e. The number of nitrogens with zero attached hydrogens (tertiary/aromatic N) is 1. The number of ether oxygens (including phenoxy) is 1. The maximum Gasteiger partial charge on any atom is 0.220 e. The van der Waals surface area contributed by atoms with Crippen LogP contribution in [0.5, 0.6) is 5.75 Å². The fourth-order valence-corrected chi connectivity index (χ4v) is 1.30. The average Bonchev–Trinajstić information content (AvgIpc) is 2.21. The summed E-state index contributed by atoms with van der Waals surface area (Å²) < 4.78 is 7.08. The van der Waals surface area contributed by atoms with Crippen LogP contribution in [0, 0.1) is 6.92 Å². The van der Waals surface area contributed by atoms with Gasteiger partial charge in [-0.15, -0.1) is 0 Å². The smallest absolute Gasteiger partial charge is 0.220 e. The third-order valence-electron chi connectivity index (χ3n) is 2.26. The van der Waals surface area contributed by atoms with Gasteiger partial charge < -0.3 is 21.7 Å². The Morgan fingerprint density at radius 1 is 1.53 bits per heavy atom. The third kappa shape index (κ3) is 3.63. The predicted molar refractivity (Wildman–Crippen MR) is 53.2 cm³/mol. The molecule has 0 radical (unpaired) electrons.